The summed E-state index contributed by atoms with van der Waals surface area (Å²) in [5.41, 5.74) is 1.01. The molecule has 0 spiro atoms. The largest absolute Gasteiger partial charge is 0.339 e. The van der Waals surface area contributed by atoms with Gasteiger partial charge in [0.2, 0.25) is 11.7 Å². The van der Waals surface area contributed by atoms with Gasteiger partial charge >= 0.3 is 0 Å². The van der Waals surface area contributed by atoms with E-state index in [-0.39, 0.29) is 0 Å². The molecular weight excluding hydrogens is 262 g/mol. The minimum absolute atomic E-state index is 0.366. The molecule has 0 radical (unpaired) electrons. The van der Waals surface area contributed by atoms with E-state index in [1.165, 1.54) is 5.39 Å². The van der Waals surface area contributed by atoms with Crippen LogP contribution in [0.15, 0.2) is 47.0 Å². The summed E-state index contributed by atoms with van der Waals surface area (Å²) in [6.45, 7) is 2.14. The summed E-state index contributed by atoms with van der Waals surface area (Å²) >= 11 is 0. The van der Waals surface area contributed by atoms with Gasteiger partial charge in [0.25, 0.3) is 0 Å². The van der Waals surface area contributed by atoms with Crippen molar-refractivity contribution in [2.75, 3.05) is 7.05 Å². The Hall–Kier alpha value is -2.20. The Labute approximate surface area is 124 Å². The maximum Gasteiger partial charge on any atom is 0.228 e. The van der Waals surface area contributed by atoms with Gasteiger partial charge in [0, 0.05) is 18.0 Å². The van der Waals surface area contributed by atoms with Crippen molar-refractivity contribution in [1.29, 1.82) is 0 Å². The number of rotatable bonds is 5. The first-order valence-electron chi connectivity index (χ1n) is 7.29. The van der Waals surface area contributed by atoms with E-state index in [1.54, 1.807) is 0 Å². The Morgan fingerprint density at radius 3 is 2.76 bits per heavy atom. The number of nitrogens with zero attached hydrogens (tertiary/aromatic N) is 2. The van der Waals surface area contributed by atoms with E-state index >= 15 is 0 Å². The van der Waals surface area contributed by atoms with Crippen LogP contribution in [0.25, 0.3) is 22.2 Å². The standard InChI is InChI=1S/C17H19N3O/c1-3-13(18-2)11-16-19-17(20-21-16)15-10-6-8-12-7-4-5-9-14(12)15/h4-10,13,18H,3,11H2,1-2H3. The molecule has 4 nitrogen and oxygen atoms in total. The SMILES string of the molecule is CCC(Cc1nc(-c2cccc3ccccc23)no1)NC. The van der Waals surface area contributed by atoms with Gasteiger partial charge in [0.15, 0.2) is 0 Å². The quantitative estimate of drug-likeness (QED) is 0.778. The van der Waals surface area contributed by atoms with Gasteiger partial charge in [-0.05, 0) is 24.2 Å². The second kappa shape index (κ2) is 6.06. The van der Waals surface area contributed by atoms with E-state index in [4.69, 9.17) is 4.52 Å². The maximum absolute atomic E-state index is 5.40. The fourth-order valence-corrected chi connectivity index (χ4v) is 2.53. The summed E-state index contributed by atoms with van der Waals surface area (Å²) in [7, 11) is 1.95. The maximum atomic E-state index is 5.40. The number of likely N-dealkylation sites (N-methyl/N-ethyl adjacent to an activating group) is 1. The monoisotopic (exact) mass is 281 g/mol. The van der Waals surface area contributed by atoms with E-state index in [0.29, 0.717) is 17.8 Å². The number of hydrogen-bond donors (Lipinski definition) is 1. The molecule has 0 saturated carbocycles. The normalized spacial score (nSPS) is 12.7. The number of hydrogen-bond acceptors (Lipinski definition) is 4. The Balaban J connectivity index is 1.95. The van der Waals surface area contributed by atoms with Gasteiger partial charge in [-0.3, -0.25) is 0 Å². The van der Waals surface area contributed by atoms with Gasteiger partial charge in [-0.2, -0.15) is 4.98 Å². The molecule has 0 saturated heterocycles. The molecule has 3 aromatic rings. The molecule has 0 amide bonds. The third kappa shape index (κ3) is 2.81. The van der Waals surface area contributed by atoms with E-state index in [1.807, 2.05) is 31.3 Å². The predicted octanol–water partition coefficient (Wildman–Crippen LogP) is 3.43. The molecule has 21 heavy (non-hydrogen) atoms. The molecule has 108 valence electrons. The number of benzene rings is 2. The van der Waals surface area contributed by atoms with Crippen LogP contribution >= 0.6 is 0 Å². The Bertz CT molecular complexity index is 726. The second-order valence-corrected chi connectivity index (χ2v) is 5.14. The molecular formula is C17H19N3O. The molecule has 1 aromatic heterocycles. The van der Waals surface area contributed by atoms with Crippen molar-refractivity contribution in [2.45, 2.75) is 25.8 Å². The van der Waals surface area contributed by atoms with E-state index in [0.717, 1.165) is 23.8 Å². The van der Waals surface area contributed by atoms with Gasteiger partial charge in [0.1, 0.15) is 0 Å². The number of nitrogens with one attached hydrogen (secondary N) is 1. The van der Waals surface area contributed by atoms with Crippen LogP contribution in [-0.2, 0) is 6.42 Å². The second-order valence-electron chi connectivity index (χ2n) is 5.14. The average Bonchev–Trinajstić information content (AvgIpc) is 3.00. The van der Waals surface area contributed by atoms with Crippen molar-refractivity contribution in [3.05, 3.63) is 48.4 Å². The molecule has 1 heterocycles. The minimum Gasteiger partial charge on any atom is -0.339 e. The fraction of sp³-hybridized carbons (Fsp3) is 0.294. The molecule has 0 aliphatic rings. The Kier molecular flexibility index (Phi) is 3.97. The lowest BCUT2D eigenvalue weighted by Gasteiger charge is -2.09. The molecule has 0 bridgehead atoms. The smallest absolute Gasteiger partial charge is 0.228 e. The lowest BCUT2D eigenvalue weighted by Crippen LogP contribution is -2.26. The summed E-state index contributed by atoms with van der Waals surface area (Å²) in [5, 5.41) is 9.73. The van der Waals surface area contributed by atoms with Crippen LogP contribution in [0.3, 0.4) is 0 Å². The Morgan fingerprint density at radius 1 is 1.14 bits per heavy atom. The van der Waals surface area contributed by atoms with Crippen molar-refractivity contribution >= 4 is 10.8 Å². The summed E-state index contributed by atoms with van der Waals surface area (Å²) < 4.78 is 5.40. The zero-order valence-corrected chi connectivity index (χ0v) is 12.3. The zero-order chi connectivity index (χ0) is 14.7. The molecule has 1 atom stereocenters. The molecule has 3 rings (SSSR count). The first-order chi connectivity index (χ1) is 10.3. The summed E-state index contributed by atoms with van der Waals surface area (Å²) in [6.07, 6.45) is 1.78. The highest BCUT2D eigenvalue weighted by Crippen LogP contribution is 2.26. The first kappa shape index (κ1) is 13.8. The van der Waals surface area contributed by atoms with Crippen LogP contribution < -0.4 is 5.32 Å². The molecule has 1 unspecified atom stereocenters. The molecule has 2 aromatic carbocycles. The minimum atomic E-state index is 0.366. The molecule has 0 aliphatic carbocycles. The van der Waals surface area contributed by atoms with Gasteiger partial charge < -0.3 is 9.84 Å². The van der Waals surface area contributed by atoms with Crippen molar-refractivity contribution in [3.8, 4) is 11.4 Å². The van der Waals surface area contributed by atoms with Crippen LogP contribution in [0.1, 0.15) is 19.2 Å². The first-order valence-corrected chi connectivity index (χ1v) is 7.29. The molecule has 0 fully saturated rings. The number of fused-ring (bicyclic) bond motifs is 1. The van der Waals surface area contributed by atoms with Crippen LogP contribution in [0.2, 0.25) is 0 Å². The highest BCUT2D eigenvalue weighted by Gasteiger charge is 2.14. The van der Waals surface area contributed by atoms with Gasteiger partial charge in [0.05, 0.1) is 0 Å². The average molecular weight is 281 g/mol. The molecule has 1 N–H and O–H groups in total. The molecule has 4 heteroatoms. The topological polar surface area (TPSA) is 51.0 Å². The molecule has 0 aliphatic heterocycles. The van der Waals surface area contributed by atoms with E-state index in [2.05, 4.69) is 40.6 Å². The highest BCUT2D eigenvalue weighted by molar-refractivity contribution is 5.94. The third-order valence-electron chi connectivity index (χ3n) is 3.82. The summed E-state index contributed by atoms with van der Waals surface area (Å²) in [5.74, 6) is 1.34. The third-order valence-corrected chi connectivity index (χ3v) is 3.82. The fourth-order valence-electron chi connectivity index (χ4n) is 2.53. The van der Waals surface area contributed by atoms with Crippen molar-refractivity contribution < 1.29 is 4.52 Å². The van der Waals surface area contributed by atoms with Gasteiger partial charge in [-0.15, -0.1) is 0 Å². The zero-order valence-electron chi connectivity index (χ0n) is 12.3. The van der Waals surface area contributed by atoms with Crippen molar-refractivity contribution in [3.63, 3.8) is 0 Å². The van der Waals surface area contributed by atoms with Gasteiger partial charge in [-0.25, -0.2) is 0 Å². The van der Waals surface area contributed by atoms with E-state index in [9.17, 15) is 0 Å². The van der Waals surface area contributed by atoms with Crippen LogP contribution in [-0.4, -0.2) is 23.2 Å². The predicted molar refractivity (Wildman–Crippen MR) is 84.1 cm³/mol. The van der Waals surface area contributed by atoms with Crippen LogP contribution in [0.5, 0.6) is 0 Å². The van der Waals surface area contributed by atoms with Crippen LogP contribution in [0.4, 0.5) is 0 Å². The van der Waals surface area contributed by atoms with Crippen LogP contribution in [0, 0.1) is 0 Å². The summed E-state index contributed by atoms with van der Waals surface area (Å²) in [4.78, 5) is 4.55. The van der Waals surface area contributed by atoms with Gasteiger partial charge in [-0.1, -0.05) is 54.5 Å². The Morgan fingerprint density at radius 2 is 1.95 bits per heavy atom. The van der Waals surface area contributed by atoms with Crippen molar-refractivity contribution in [1.82, 2.24) is 15.5 Å². The lowest BCUT2D eigenvalue weighted by atomic mass is 10.0. The lowest BCUT2D eigenvalue weighted by molar-refractivity contribution is 0.359. The van der Waals surface area contributed by atoms with E-state index < -0.39 is 0 Å². The summed E-state index contributed by atoms with van der Waals surface area (Å²) in [6, 6.07) is 14.8. The van der Waals surface area contributed by atoms with Crippen molar-refractivity contribution in [2.24, 2.45) is 0 Å². The highest BCUT2D eigenvalue weighted by atomic mass is 16.5. The number of aromatic nitrogens is 2.